The highest BCUT2D eigenvalue weighted by molar-refractivity contribution is 14.0. The van der Waals surface area contributed by atoms with E-state index in [9.17, 15) is 8.42 Å². The normalized spacial score (nSPS) is 13.1. The second kappa shape index (κ2) is 15.0. The van der Waals surface area contributed by atoms with Gasteiger partial charge in [0, 0.05) is 19.7 Å². The van der Waals surface area contributed by atoms with Gasteiger partial charge >= 0.3 is 0 Å². The fourth-order valence-electron chi connectivity index (χ4n) is 2.70. The number of rotatable bonds is 12. The summed E-state index contributed by atoms with van der Waals surface area (Å²) in [5.41, 5.74) is 1.78. The Kier molecular flexibility index (Phi) is 14.5. The fourth-order valence-corrected chi connectivity index (χ4v) is 3.48. The van der Waals surface area contributed by atoms with Gasteiger partial charge in [-0.3, -0.25) is 0 Å². The standard InChI is InChI=1S/C20H36N4O3S.HI/c1-6-22-20(23-13-12-19(16(3)4)27-7-2)24-14-17-8-10-18(11-9-17)15-28(25,26)21-5;/h8-11,16,19,21H,6-7,12-15H2,1-5H3,(H2,22,23,24);1H. The van der Waals surface area contributed by atoms with E-state index < -0.39 is 10.0 Å². The fraction of sp³-hybridized carbons (Fsp3) is 0.650. The lowest BCUT2D eigenvalue weighted by atomic mass is 10.0. The Morgan fingerprint density at radius 3 is 2.24 bits per heavy atom. The second-order valence-electron chi connectivity index (χ2n) is 6.93. The number of guanidine groups is 1. The van der Waals surface area contributed by atoms with Crippen molar-refractivity contribution in [2.75, 3.05) is 26.7 Å². The van der Waals surface area contributed by atoms with Gasteiger partial charge in [0.15, 0.2) is 5.96 Å². The molecule has 0 spiro atoms. The van der Waals surface area contributed by atoms with Crippen LogP contribution in [0.5, 0.6) is 0 Å². The van der Waals surface area contributed by atoms with Crippen molar-refractivity contribution in [1.82, 2.24) is 15.4 Å². The molecule has 1 aromatic rings. The highest BCUT2D eigenvalue weighted by Gasteiger charge is 2.13. The molecule has 1 rings (SSSR count). The molecule has 7 nitrogen and oxygen atoms in total. The molecule has 1 aromatic carbocycles. The molecule has 0 fully saturated rings. The summed E-state index contributed by atoms with van der Waals surface area (Å²) in [6, 6.07) is 7.49. The maximum Gasteiger partial charge on any atom is 0.215 e. The molecule has 0 aromatic heterocycles. The van der Waals surface area contributed by atoms with Crippen molar-refractivity contribution < 1.29 is 13.2 Å². The molecule has 29 heavy (non-hydrogen) atoms. The van der Waals surface area contributed by atoms with E-state index in [4.69, 9.17) is 4.74 Å². The van der Waals surface area contributed by atoms with Gasteiger partial charge in [-0.05, 0) is 44.4 Å². The van der Waals surface area contributed by atoms with E-state index in [1.807, 2.05) is 38.1 Å². The van der Waals surface area contributed by atoms with Crippen LogP contribution in [0.3, 0.4) is 0 Å². The molecule has 0 bridgehead atoms. The zero-order chi connectivity index (χ0) is 21.0. The third-order valence-corrected chi connectivity index (χ3v) is 5.64. The van der Waals surface area contributed by atoms with Gasteiger partial charge in [-0.25, -0.2) is 18.1 Å². The molecule has 0 aliphatic rings. The van der Waals surface area contributed by atoms with Crippen LogP contribution < -0.4 is 15.4 Å². The third-order valence-electron chi connectivity index (χ3n) is 4.30. The predicted octanol–water partition coefficient (Wildman–Crippen LogP) is 2.86. The van der Waals surface area contributed by atoms with Crippen LogP contribution in [0.4, 0.5) is 0 Å². The number of nitrogens with zero attached hydrogens (tertiary/aromatic N) is 1. The minimum absolute atomic E-state index is 0. The van der Waals surface area contributed by atoms with Crippen molar-refractivity contribution in [3.63, 3.8) is 0 Å². The molecule has 0 saturated heterocycles. The van der Waals surface area contributed by atoms with E-state index in [0.717, 1.165) is 43.2 Å². The minimum Gasteiger partial charge on any atom is -0.378 e. The van der Waals surface area contributed by atoms with Crippen LogP contribution in [-0.2, 0) is 27.1 Å². The lowest BCUT2D eigenvalue weighted by Crippen LogP contribution is -2.39. The first kappa shape index (κ1) is 28.1. The van der Waals surface area contributed by atoms with Gasteiger partial charge in [-0.15, -0.1) is 24.0 Å². The third kappa shape index (κ3) is 11.8. The number of hydrogen-bond acceptors (Lipinski definition) is 4. The smallest absolute Gasteiger partial charge is 0.215 e. The highest BCUT2D eigenvalue weighted by Crippen LogP contribution is 2.10. The van der Waals surface area contributed by atoms with Crippen molar-refractivity contribution in [1.29, 1.82) is 0 Å². The Hall–Kier alpha value is -0.910. The summed E-state index contributed by atoms with van der Waals surface area (Å²) in [6.45, 7) is 11.2. The zero-order valence-corrected chi connectivity index (χ0v) is 21.3. The number of ether oxygens (including phenoxy) is 1. The quantitative estimate of drug-likeness (QED) is 0.216. The van der Waals surface area contributed by atoms with Crippen LogP contribution in [0, 0.1) is 5.92 Å². The molecule has 0 radical (unpaired) electrons. The Morgan fingerprint density at radius 2 is 1.72 bits per heavy atom. The Bertz CT molecular complexity index is 694. The number of aliphatic imine (C=N–C) groups is 1. The van der Waals surface area contributed by atoms with Gasteiger partial charge in [-0.2, -0.15) is 0 Å². The van der Waals surface area contributed by atoms with Crippen molar-refractivity contribution in [2.24, 2.45) is 10.9 Å². The van der Waals surface area contributed by atoms with E-state index in [-0.39, 0.29) is 35.8 Å². The first-order valence-electron chi connectivity index (χ1n) is 9.94. The molecule has 0 heterocycles. The van der Waals surface area contributed by atoms with Gasteiger partial charge in [0.25, 0.3) is 0 Å². The summed E-state index contributed by atoms with van der Waals surface area (Å²) in [5, 5.41) is 6.60. The lowest BCUT2D eigenvalue weighted by Gasteiger charge is -2.21. The predicted molar refractivity (Wildman–Crippen MR) is 131 cm³/mol. The number of hydrogen-bond donors (Lipinski definition) is 3. The molecule has 3 N–H and O–H groups in total. The van der Waals surface area contributed by atoms with Crippen LogP contribution in [0.1, 0.15) is 45.2 Å². The molecule has 0 saturated carbocycles. The molecule has 9 heteroatoms. The number of halogens is 1. The van der Waals surface area contributed by atoms with Crippen molar-refractivity contribution >= 4 is 40.0 Å². The number of nitrogens with one attached hydrogen (secondary N) is 3. The largest absolute Gasteiger partial charge is 0.378 e. The zero-order valence-electron chi connectivity index (χ0n) is 18.2. The van der Waals surface area contributed by atoms with Crippen molar-refractivity contribution in [2.45, 2.75) is 52.5 Å². The molecule has 0 amide bonds. The van der Waals surface area contributed by atoms with Crippen LogP contribution in [0.25, 0.3) is 0 Å². The highest BCUT2D eigenvalue weighted by atomic mass is 127. The summed E-state index contributed by atoms with van der Waals surface area (Å²) in [5.74, 6) is 1.23. The van der Waals surface area contributed by atoms with Crippen LogP contribution in [0.15, 0.2) is 29.3 Å². The van der Waals surface area contributed by atoms with E-state index in [2.05, 4.69) is 34.2 Å². The van der Waals surface area contributed by atoms with Crippen LogP contribution in [-0.4, -0.2) is 47.2 Å². The van der Waals surface area contributed by atoms with Crippen molar-refractivity contribution in [3.05, 3.63) is 35.4 Å². The summed E-state index contributed by atoms with van der Waals surface area (Å²) in [7, 11) is -1.83. The number of sulfonamides is 1. The maximum atomic E-state index is 11.6. The Morgan fingerprint density at radius 1 is 1.10 bits per heavy atom. The average molecular weight is 541 g/mol. The minimum atomic E-state index is -3.25. The van der Waals surface area contributed by atoms with Crippen LogP contribution >= 0.6 is 24.0 Å². The van der Waals surface area contributed by atoms with Crippen molar-refractivity contribution in [3.8, 4) is 0 Å². The van der Waals surface area contributed by atoms with Gasteiger partial charge in [0.1, 0.15) is 0 Å². The summed E-state index contributed by atoms with van der Waals surface area (Å²) in [4.78, 5) is 4.61. The molecule has 1 unspecified atom stereocenters. The first-order valence-corrected chi connectivity index (χ1v) is 11.6. The monoisotopic (exact) mass is 540 g/mol. The Balaban J connectivity index is 0.00000784. The maximum absolute atomic E-state index is 11.6. The molecular formula is C20H37IN4O3S. The Labute approximate surface area is 193 Å². The van der Waals surface area contributed by atoms with Gasteiger partial charge in [0.05, 0.1) is 18.4 Å². The van der Waals surface area contributed by atoms with Gasteiger partial charge in [-0.1, -0.05) is 38.1 Å². The van der Waals surface area contributed by atoms with E-state index in [0.29, 0.717) is 12.5 Å². The van der Waals surface area contributed by atoms with E-state index in [1.165, 1.54) is 7.05 Å². The SMILES string of the molecule is CCNC(=NCc1ccc(CS(=O)(=O)NC)cc1)NCCC(OCC)C(C)C.I. The lowest BCUT2D eigenvalue weighted by molar-refractivity contribution is 0.0258. The van der Waals surface area contributed by atoms with Gasteiger partial charge in [0.2, 0.25) is 10.0 Å². The van der Waals surface area contributed by atoms with E-state index >= 15 is 0 Å². The van der Waals surface area contributed by atoms with Crippen LogP contribution in [0.2, 0.25) is 0 Å². The summed E-state index contributed by atoms with van der Waals surface area (Å²) >= 11 is 0. The molecule has 0 aliphatic heterocycles. The molecule has 168 valence electrons. The summed E-state index contributed by atoms with van der Waals surface area (Å²) in [6.07, 6.45) is 1.16. The second-order valence-corrected chi connectivity index (χ2v) is 8.85. The topological polar surface area (TPSA) is 91.8 Å². The number of benzene rings is 1. The first-order chi connectivity index (χ1) is 13.3. The average Bonchev–Trinajstić information content (AvgIpc) is 2.66. The molecule has 0 aliphatic carbocycles. The van der Waals surface area contributed by atoms with E-state index in [1.54, 1.807) is 0 Å². The van der Waals surface area contributed by atoms with Gasteiger partial charge < -0.3 is 15.4 Å². The molecule has 1 atom stereocenters. The molecular weight excluding hydrogens is 503 g/mol. The summed E-state index contributed by atoms with van der Waals surface area (Å²) < 4.78 is 31.3.